The molecular weight excluding hydrogens is 335 g/mol. The summed E-state index contributed by atoms with van der Waals surface area (Å²) < 4.78 is 13.5. The van der Waals surface area contributed by atoms with Crippen molar-refractivity contribution >= 4 is 33.7 Å². The molecule has 0 saturated carbocycles. The van der Waals surface area contributed by atoms with Crippen LogP contribution >= 0.6 is 15.9 Å². The topological polar surface area (TPSA) is 109 Å². The molecule has 0 spiro atoms. The zero-order valence-electron chi connectivity index (χ0n) is 10.2. The highest BCUT2D eigenvalue weighted by molar-refractivity contribution is 9.10. The molecule has 0 aromatic heterocycles. The van der Waals surface area contributed by atoms with Gasteiger partial charge < -0.3 is 16.2 Å². The molecule has 8 heteroatoms. The highest BCUT2D eigenvalue weighted by atomic mass is 79.9. The normalized spacial score (nSPS) is 11.7. The number of carboxylic acid groups (broad SMARTS) is 1. The maximum atomic E-state index is 13.2. The Bertz CT molecular complexity index is 530. The summed E-state index contributed by atoms with van der Waals surface area (Å²) in [6.07, 6.45) is -0.309. The number of aliphatic carboxylic acids is 1. The van der Waals surface area contributed by atoms with Crippen LogP contribution in [0.3, 0.4) is 0 Å². The number of halogens is 2. The first-order chi connectivity index (χ1) is 9.29. The van der Waals surface area contributed by atoms with Crippen molar-refractivity contribution in [2.75, 3.05) is 0 Å². The largest absolute Gasteiger partial charge is 0.480 e. The molecule has 0 aliphatic heterocycles. The quantitative estimate of drug-likeness (QED) is 0.714. The summed E-state index contributed by atoms with van der Waals surface area (Å²) in [5.74, 6) is -3.34. The Labute approximate surface area is 122 Å². The Morgan fingerprint density at radius 1 is 1.35 bits per heavy atom. The number of primary amides is 1. The van der Waals surface area contributed by atoms with Crippen LogP contribution in [0.1, 0.15) is 23.2 Å². The average molecular weight is 347 g/mol. The summed E-state index contributed by atoms with van der Waals surface area (Å²) in [5.41, 5.74) is 4.90. The number of benzene rings is 1. The van der Waals surface area contributed by atoms with Crippen LogP contribution in [0.25, 0.3) is 0 Å². The van der Waals surface area contributed by atoms with Gasteiger partial charge in [-0.05, 0) is 24.6 Å². The number of carboxylic acids is 1. The molecule has 1 unspecified atom stereocenters. The van der Waals surface area contributed by atoms with Crippen LogP contribution in [0.4, 0.5) is 4.39 Å². The first-order valence-electron chi connectivity index (χ1n) is 5.57. The Kier molecular flexibility index (Phi) is 5.63. The van der Waals surface area contributed by atoms with Gasteiger partial charge in [-0.15, -0.1) is 0 Å². The third kappa shape index (κ3) is 4.96. The van der Waals surface area contributed by atoms with Gasteiger partial charge in [0.1, 0.15) is 11.9 Å². The van der Waals surface area contributed by atoms with E-state index in [0.717, 1.165) is 6.07 Å². The molecule has 0 saturated heterocycles. The van der Waals surface area contributed by atoms with Crippen LogP contribution in [-0.2, 0) is 9.59 Å². The fourth-order valence-corrected chi connectivity index (χ4v) is 1.94. The summed E-state index contributed by atoms with van der Waals surface area (Å²) in [6.45, 7) is 0. The van der Waals surface area contributed by atoms with Gasteiger partial charge in [0.25, 0.3) is 5.91 Å². The number of nitrogens with two attached hydrogens (primary N) is 1. The van der Waals surface area contributed by atoms with Gasteiger partial charge in [-0.2, -0.15) is 0 Å². The first-order valence-corrected chi connectivity index (χ1v) is 6.37. The highest BCUT2D eigenvalue weighted by Crippen LogP contribution is 2.15. The molecule has 20 heavy (non-hydrogen) atoms. The van der Waals surface area contributed by atoms with Crippen LogP contribution < -0.4 is 11.1 Å². The SMILES string of the molecule is NC(=O)CCC(NC(=O)c1cc(F)cc(Br)c1)C(=O)O. The third-order valence-corrected chi connectivity index (χ3v) is 2.87. The zero-order valence-corrected chi connectivity index (χ0v) is 11.8. The minimum absolute atomic E-state index is 0.0257. The number of carbonyl (C=O) groups excluding carboxylic acids is 2. The predicted molar refractivity (Wildman–Crippen MR) is 71.4 cm³/mol. The molecule has 0 aliphatic rings. The number of nitrogens with one attached hydrogen (secondary N) is 1. The Hall–Kier alpha value is -1.96. The van der Waals surface area contributed by atoms with Gasteiger partial charge in [0, 0.05) is 16.5 Å². The summed E-state index contributed by atoms with van der Waals surface area (Å²) in [7, 11) is 0. The second-order valence-electron chi connectivity index (χ2n) is 4.03. The first kappa shape index (κ1) is 16.1. The van der Waals surface area contributed by atoms with Gasteiger partial charge in [-0.1, -0.05) is 15.9 Å². The van der Waals surface area contributed by atoms with Crippen molar-refractivity contribution in [2.45, 2.75) is 18.9 Å². The second-order valence-corrected chi connectivity index (χ2v) is 4.94. The van der Waals surface area contributed by atoms with Crippen LogP contribution in [0, 0.1) is 5.82 Å². The van der Waals surface area contributed by atoms with E-state index < -0.39 is 29.6 Å². The van der Waals surface area contributed by atoms with Crippen LogP contribution in [0.15, 0.2) is 22.7 Å². The molecule has 1 atom stereocenters. The van der Waals surface area contributed by atoms with Crippen LogP contribution in [0.5, 0.6) is 0 Å². The third-order valence-electron chi connectivity index (χ3n) is 2.41. The smallest absolute Gasteiger partial charge is 0.326 e. The highest BCUT2D eigenvalue weighted by Gasteiger charge is 2.21. The lowest BCUT2D eigenvalue weighted by atomic mass is 10.1. The van der Waals surface area contributed by atoms with Crippen LogP contribution in [-0.4, -0.2) is 28.9 Å². The van der Waals surface area contributed by atoms with Crippen molar-refractivity contribution in [2.24, 2.45) is 5.73 Å². The maximum Gasteiger partial charge on any atom is 0.326 e. The van der Waals surface area contributed by atoms with E-state index in [-0.39, 0.29) is 18.4 Å². The second kappa shape index (κ2) is 6.99. The summed E-state index contributed by atoms with van der Waals surface area (Å²) >= 11 is 3.03. The van der Waals surface area contributed by atoms with Crippen LogP contribution in [0.2, 0.25) is 0 Å². The van der Waals surface area contributed by atoms with Gasteiger partial charge >= 0.3 is 5.97 Å². The molecule has 1 rings (SSSR count). The fourth-order valence-electron chi connectivity index (χ4n) is 1.47. The van der Waals surface area contributed by atoms with Gasteiger partial charge in [0.05, 0.1) is 0 Å². The van der Waals surface area contributed by atoms with E-state index in [1.807, 2.05) is 0 Å². The monoisotopic (exact) mass is 346 g/mol. The minimum Gasteiger partial charge on any atom is -0.480 e. The summed E-state index contributed by atoms with van der Waals surface area (Å²) in [6, 6.07) is 2.23. The lowest BCUT2D eigenvalue weighted by molar-refractivity contribution is -0.139. The van der Waals surface area contributed by atoms with Gasteiger partial charge in [-0.3, -0.25) is 9.59 Å². The van der Waals surface area contributed by atoms with Gasteiger partial charge in [-0.25, -0.2) is 9.18 Å². The van der Waals surface area contributed by atoms with E-state index in [1.165, 1.54) is 12.1 Å². The molecule has 1 aromatic rings. The van der Waals surface area contributed by atoms with E-state index in [2.05, 4.69) is 21.2 Å². The Morgan fingerprint density at radius 2 is 2.00 bits per heavy atom. The van der Waals surface area contributed by atoms with E-state index in [9.17, 15) is 18.8 Å². The lowest BCUT2D eigenvalue weighted by Crippen LogP contribution is -2.41. The van der Waals surface area contributed by atoms with Crippen molar-refractivity contribution in [3.63, 3.8) is 0 Å². The fraction of sp³-hybridized carbons (Fsp3) is 0.250. The number of hydrogen-bond donors (Lipinski definition) is 3. The zero-order chi connectivity index (χ0) is 15.3. The molecule has 2 amide bonds. The Balaban J connectivity index is 2.79. The molecular formula is C12H12BrFN2O4. The minimum atomic E-state index is -1.30. The molecule has 0 heterocycles. The van der Waals surface area contributed by atoms with Crippen molar-refractivity contribution in [1.29, 1.82) is 0 Å². The number of rotatable bonds is 6. The summed E-state index contributed by atoms with van der Waals surface area (Å²) in [5, 5.41) is 11.1. The molecule has 0 radical (unpaired) electrons. The molecule has 108 valence electrons. The standard InChI is InChI=1S/C12H12BrFN2O4/c13-7-3-6(4-8(14)5-7)11(18)16-9(12(19)20)1-2-10(15)17/h3-5,9H,1-2H2,(H2,15,17)(H,16,18)(H,19,20). The number of hydrogen-bond acceptors (Lipinski definition) is 3. The average Bonchev–Trinajstić information content (AvgIpc) is 2.32. The van der Waals surface area contributed by atoms with Gasteiger partial charge in [0.2, 0.25) is 5.91 Å². The predicted octanol–water partition coefficient (Wildman–Crippen LogP) is 1.04. The molecule has 0 aliphatic carbocycles. The molecule has 0 fully saturated rings. The van der Waals surface area contributed by atoms with E-state index in [1.54, 1.807) is 0 Å². The van der Waals surface area contributed by atoms with Crippen molar-refractivity contribution in [3.05, 3.63) is 34.1 Å². The molecule has 0 bridgehead atoms. The van der Waals surface area contributed by atoms with E-state index in [4.69, 9.17) is 10.8 Å². The number of carbonyl (C=O) groups is 3. The molecule has 6 nitrogen and oxygen atoms in total. The molecule has 4 N–H and O–H groups in total. The van der Waals surface area contributed by atoms with Crippen molar-refractivity contribution in [3.8, 4) is 0 Å². The van der Waals surface area contributed by atoms with E-state index in [0.29, 0.717) is 4.47 Å². The van der Waals surface area contributed by atoms with E-state index >= 15 is 0 Å². The number of amides is 2. The Morgan fingerprint density at radius 3 is 2.50 bits per heavy atom. The van der Waals surface area contributed by atoms with Gasteiger partial charge in [0.15, 0.2) is 0 Å². The van der Waals surface area contributed by atoms with Crippen molar-refractivity contribution < 1.29 is 23.9 Å². The van der Waals surface area contributed by atoms with Crippen molar-refractivity contribution in [1.82, 2.24) is 5.32 Å². The lowest BCUT2D eigenvalue weighted by Gasteiger charge is -2.13. The maximum absolute atomic E-state index is 13.2. The molecule has 1 aromatic carbocycles. The summed E-state index contributed by atoms with van der Waals surface area (Å²) in [4.78, 5) is 33.4.